The van der Waals surface area contributed by atoms with Gasteiger partial charge in [-0.15, -0.1) is 0 Å². The van der Waals surface area contributed by atoms with Gasteiger partial charge in [-0.05, 0) is 41.5 Å². The molecule has 0 aromatic rings. The summed E-state index contributed by atoms with van der Waals surface area (Å²) in [5.74, 6) is -0.464. The van der Waals surface area contributed by atoms with Gasteiger partial charge in [-0.1, -0.05) is 0 Å². The Bertz CT molecular complexity index is 355. The average Bonchev–Trinajstić information content (AvgIpc) is 2.10. The SMILES string of the molecule is CC(C)(C)OC(=O)C[C@H](CC#N)NC(=O)OC(C)(C)C. The van der Waals surface area contributed by atoms with E-state index in [1.165, 1.54) is 0 Å². The number of alkyl carbamates (subject to hydrolysis) is 1. The summed E-state index contributed by atoms with van der Waals surface area (Å²) in [7, 11) is 0. The number of hydrogen-bond donors (Lipinski definition) is 1. The Morgan fingerprint density at radius 2 is 1.60 bits per heavy atom. The van der Waals surface area contributed by atoms with Crippen molar-refractivity contribution in [2.24, 2.45) is 0 Å². The molecule has 1 atom stereocenters. The zero-order valence-electron chi connectivity index (χ0n) is 13.1. The molecule has 0 aromatic heterocycles. The monoisotopic (exact) mass is 284 g/mol. The zero-order valence-corrected chi connectivity index (χ0v) is 13.1. The molecular weight excluding hydrogens is 260 g/mol. The van der Waals surface area contributed by atoms with E-state index in [9.17, 15) is 9.59 Å². The van der Waals surface area contributed by atoms with Gasteiger partial charge in [0.1, 0.15) is 11.2 Å². The van der Waals surface area contributed by atoms with Crippen LogP contribution in [0, 0.1) is 11.3 Å². The van der Waals surface area contributed by atoms with Crippen molar-refractivity contribution in [1.82, 2.24) is 5.32 Å². The third-order valence-electron chi connectivity index (χ3n) is 1.89. The number of nitriles is 1. The molecular formula is C14H24N2O4. The number of carbonyl (C=O) groups excluding carboxylic acids is 2. The number of esters is 1. The summed E-state index contributed by atoms with van der Waals surface area (Å²) in [5, 5.41) is 11.2. The number of nitrogens with one attached hydrogen (secondary N) is 1. The van der Waals surface area contributed by atoms with Crippen LogP contribution in [0.4, 0.5) is 4.79 Å². The van der Waals surface area contributed by atoms with Crippen molar-refractivity contribution in [1.29, 1.82) is 5.26 Å². The number of carbonyl (C=O) groups is 2. The lowest BCUT2D eigenvalue weighted by Crippen LogP contribution is -2.41. The molecule has 1 N–H and O–H groups in total. The van der Waals surface area contributed by atoms with Gasteiger partial charge in [0.25, 0.3) is 0 Å². The van der Waals surface area contributed by atoms with E-state index in [-0.39, 0.29) is 12.8 Å². The van der Waals surface area contributed by atoms with Gasteiger partial charge in [0.15, 0.2) is 0 Å². The van der Waals surface area contributed by atoms with Crippen molar-refractivity contribution in [2.45, 2.75) is 71.6 Å². The third kappa shape index (κ3) is 10.2. The number of amides is 1. The lowest BCUT2D eigenvalue weighted by Gasteiger charge is -2.24. The van der Waals surface area contributed by atoms with Crippen LogP contribution in [0.3, 0.4) is 0 Å². The maximum atomic E-state index is 11.7. The molecule has 1 amide bonds. The molecule has 0 aliphatic carbocycles. The fraction of sp³-hybridized carbons (Fsp3) is 0.786. The van der Waals surface area contributed by atoms with Crippen LogP contribution in [-0.2, 0) is 14.3 Å². The van der Waals surface area contributed by atoms with E-state index in [2.05, 4.69) is 5.32 Å². The van der Waals surface area contributed by atoms with Crippen LogP contribution >= 0.6 is 0 Å². The Morgan fingerprint density at radius 1 is 1.10 bits per heavy atom. The summed E-state index contributed by atoms with van der Waals surface area (Å²) in [6, 6.07) is 1.31. The fourth-order valence-electron chi connectivity index (χ4n) is 1.34. The zero-order chi connectivity index (χ0) is 16.0. The molecule has 0 saturated carbocycles. The van der Waals surface area contributed by atoms with Crippen molar-refractivity contribution in [2.75, 3.05) is 0 Å². The fourth-order valence-corrected chi connectivity index (χ4v) is 1.34. The maximum absolute atomic E-state index is 11.7. The molecule has 0 fully saturated rings. The Hall–Kier alpha value is -1.77. The highest BCUT2D eigenvalue weighted by Crippen LogP contribution is 2.11. The van der Waals surface area contributed by atoms with Crippen molar-refractivity contribution in [3.63, 3.8) is 0 Å². The first-order chi connectivity index (χ1) is 8.93. The molecule has 0 heterocycles. The highest BCUT2D eigenvalue weighted by molar-refractivity contribution is 5.73. The second-order valence-electron chi connectivity index (χ2n) is 6.50. The lowest BCUT2D eigenvalue weighted by atomic mass is 10.1. The largest absolute Gasteiger partial charge is 0.460 e. The minimum Gasteiger partial charge on any atom is -0.460 e. The molecule has 0 saturated heterocycles. The third-order valence-corrected chi connectivity index (χ3v) is 1.89. The van der Waals surface area contributed by atoms with Gasteiger partial charge in [0, 0.05) is 0 Å². The molecule has 20 heavy (non-hydrogen) atoms. The minimum atomic E-state index is -0.652. The van der Waals surface area contributed by atoms with E-state index in [1.807, 2.05) is 6.07 Å². The van der Waals surface area contributed by atoms with E-state index in [1.54, 1.807) is 41.5 Å². The molecule has 114 valence electrons. The van der Waals surface area contributed by atoms with Gasteiger partial charge in [0.05, 0.1) is 25.0 Å². The molecule has 0 unspecified atom stereocenters. The summed E-state index contributed by atoms with van der Waals surface area (Å²) >= 11 is 0. The second kappa shape index (κ2) is 7.13. The number of hydrogen-bond acceptors (Lipinski definition) is 5. The standard InChI is InChI=1S/C14H24N2O4/c1-13(2,3)19-11(17)9-10(7-8-15)16-12(18)20-14(4,5)6/h10H,7,9H2,1-6H3,(H,16,18)/t10-/m0/s1. The van der Waals surface area contributed by atoms with Crippen LogP contribution < -0.4 is 5.32 Å². The van der Waals surface area contributed by atoms with Gasteiger partial charge in [0.2, 0.25) is 0 Å². The minimum absolute atomic E-state index is 0.0124. The summed E-state index contributed by atoms with van der Waals surface area (Å²) in [6.45, 7) is 10.5. The van der Waals surface area contributed by atoms with Crippen molar-refractivity contribution in [3.05, 3.63) is 0 Å². The first-order valence-electron chi connectivity index (χ1n) is 6.51. The van der Waals surface area contributed by atoms with Crippen LogP contribution in [-0.4, -0.2) is 29.3 Å². The van der Waals surface area contributed by atoms with Gasteiger partial charge in [-0.25, -0.2) is 4.79 Å². The van der Waals surface area contributed by atoms with E-state index in [0.717, 1.165) is 0 Å². The first kappa shape index (κ1) is 18.2. The number of ether oxygens (including phenoxy) is 2. The molecule has 0 aliphatic rings. The maximum Gasteiger partial charge on any atom is 0.407 e. The van der Waals surface area contributed by atoms with E-state index >= 15 is 0 Å². The second-order valence-corrected chi connectivity index (χ2v) is 6.50. The average molecular weight is 284 g/mol. The van der Waals surface area contributed by atoms with Crippen molar-refractivity contribution in [3.8, 4) is 6.07 Å². The van der Waals surface area contributed by atoms with E-state index in [4.69, 9.17) is 14.7 Å². The number of rotatable bonds is 4. The quantitative estimate of drug-likeness (QED) is 0.801. The molecule has 0 aromatic carbocycles. The molecule has 6 heteroatoms. The summed E-state index contributed by atoms with van der Waals surface area (Å²) in [4.78, 5) is 23.3. The van der Waals surface area contributed by atoms with E-state index in [0.29, 0.717) is 0 Å². The highest BCUT2D eigenvalue weighted by atomic mass is 16.6. The normalized spacial score (nSPS) is 13.1. The summed E-state index contributed by atoms with van der Waals surface area (Å²) in [5.41, 5.74) is -1.23. The lowest BCUT2D eigenvalue weighted by molar-refractivity contribution is -0.155. The molecule has 0 bridgehead atoms. The molecule has 0 rings (SSSR count). The molecule has 0 aliphatic heterocycles. The predicted octanol–water partition coefficient (Wildman–Crippen LogP) is 2.53. The van der Waals surface area contributed by atoms with Crippen molar-refractivity contribution >= 4 is 12.1 Å². The summed E-state index contributed by atoms with van der Waals surface area (Å²) < 4.78 is 10.2. The van der Waals surface area contributed by atoms with Crippen LogP contribution in [0.25, 0.3) is 0 Å². The Labute approximate surface area is 120 Å². The Balaban J connectivity index is 4.48. The van der Waals surface area contributed by atoms with E-state index < -0.39 is 29.3 Å². The Morgan fingerprint density at radius 3 is 2.00 bits per heavy atom. The smallest absolute Gasteiger partial charge is 0.407 e. The molecule has 0 radical (unpaired) electrons. The molecule has 6 nitrogen and oxygen atoms in total. The summed E-state index contributed by atoms with van der Waals surface area (Å²) in [6.07, 6.45) is -0.705. The van der Waals surface area contributed by atoms with Crippen LogP contribution in [0.2, 0.25) is 0 Å². The highest BCUT2D eigenvalue weighted by Gasteiger charge is 2.24. The Kier molecular flexibility index (Phi) is 6.50. The molecule has 0 spiro atoms. The topological polar surface area (TPSA) is 88.4 Å². The van der Waals surface area contributed by atoms with Gasteiger partial charge >= 0.3 is 12.1 Å². The van der Waals surface area contributed by atoms with Crippen molar-refractivity contribution < 1.29 is 19.1 Å². The van der Waals surface area contributed by atoms with Gasteiger partial charge in [-0.3, -0.25) is 4.79 Å². The van der Waals surface area contributed by atoms with Gasteiger partial charge in [-0.2, -0.15) is 5.26 Å². The van der Waals surface area contributed by atoms with Crippen LogP contribution in [0.15, 0.2) is 0 Å². The first-order valence-corrected chi connectivity index (χ1v) is 6.51. The predicted molar refractivity (Wildman–Crippen MR) is 73.8 cm³/mol. The van der Waals surface area contributed by atoms with Crippen LogP contribution in [0.5, 0.6) is 0 Å². The van der Waals surface area contributed by atoms with Gasteiger partial charge < -0.3 is 14.8 Å². The van der Waals surface area contributed by atoms with Crippen LogP contribution in [0.1, 0.15) is 54.4 Å². The number of nitrogens with zero attached hydrogens (tertiary/aromatic N) is 1.